The average Bonchev–Trinajstić information content (AvgIpc) is 2.62. The maximum Gasteiger partial charge on any atom is 0.254 e. The lowest BCUT2D eigenvalue weighted by atomic mass is 10.1. The number of benzene rings is 1. The van der Waals surface area contributed by atoms with Crippen LogP contribution >= 0.6 is 0 Å². The van der Waals surface area contributed by atoms with Crippen LogP contribution in [-0.4, -0.2) is 36.1 Å². The SMILES string of the molecule is COc1cccc(CCNc2ncc(C(=O)NCCC(C)C)cn2)c1. The van der Waals surface area contributed by atoms with Gasteiger partial charge in [0.15, 0.2) is 0 Å². The van der Waals surface area contributed by atoms with Crippen LogP contribution < -0.4 is 15.4 Å². The third kappa shape index (κ3) is 6.41. The maximum atomic E-state index is 12.0. The molecule has 0 aliphatic rings. The van der Waals surface area contributed by atoms with Crippen LogP contribution in [0.2, 0.25) is 0 Å². The minimum absolute atomic E-state index is 0.136. The summed E-state index contributed by atoms with van der Waals surface area (Å²) in [6.07, 6.45) is 4.88. The second kappa shape index (κ2) is 9.61. The fraction of sp³-hybridized carbons (Fsp3) is 0.421. The van der Waals surface area contributed by atoms with Gasteiger partial charge in [0.25, 0.3) is 5.91 Å². The summed E-state index contributed by atoms with van der Waals surface area (Å²) in [5.74, 6) is 1.79. The van der Waals surface area contributed by atoms with E-state index in [1.54, 1.807) is 19.5 Å². The highest BCUT2D eigenvalue weighted by Crippen LogP contribution is 2.13. The van der Waals surface area contributed by atoms with Crippen molar-refractivity contribution in [3.8, 4) is 5.75 Å². The third-order valence-corrected chi connectivity index (χ3v) is 3.75. The number of carbonyl (C=O) groups excluding carboxylic acids is 1. The number of methoxy groups -OCH3 is 1. The molecule has 0 aliphatic carbocycles. The number of nitrogens with one attached hydrogen (secondary N) is 2. The van der Waals surface area contributed by atoms with E-state index in [2.05, 4.69) is 40.5 Å². The Morgan fingerprint density at radius 3 is 2.64 bits per heavy atom. The Morgan fingerprint density at radius 2 is 1.96 bits per heavy atom. The summed E-state index contributed by atoms with van der Waals surface area (Å²) in [6.45, 7) is 5.62. The normalized spacial score (nSPS) is 10.6. The molecule has 0 unspecified atom stereocenters. The lowest BCUT2D eigenvalue weighted by Crippen LogP contribution is -2.25. The van der Waals surface area contributed by atoms with Gasteiger partial charge >= 0.3 is 0 Å². The molecule has 1 aromatic carbocycles. The van der Waals surface area contributed by atoms with Crippen molar-refractivity contribution in [2.75, 3.05) is 25.5 Å². The van der Waals surface area contributed by atoms with Gasteiger partial charge in [0.1, 0.15) is 5.75 Å². The van der Waals surface area contributed by atoms with Crippen LogP contribution in [0.25, 0.3) is 0 Å². The van der Waals surface area contributed by atoms with Crippen molar-refractivity contribution >= 4 is 11.9 Å². The highest BCUT2D eigenvalue weighted by Gasteiger charge is 2.07. The van der Waals surface area contributed by atoms with E-state index in [1.165, 1.54) is 5.56 Å². The van der Waals surface area contributed by atoms with Crippen LogP contribution in [0.1, 0.15) is 36.2 Å². The first-order chi connectivity index (χ1) is 12.1. The number of hydrogen-bond donors (Lipinski definition) is 2. The maximum absolute atomic E-state index is 12.0. The predicted molar refractivity (Wildman–Crippen MR) is 99.0 cm³/mol. The minimum atomic E-state index is -0.136. The van der Waals surface area contributed by atoms with Crippen LogP contribution in [0, 0.1) is 5.92 Å². The summed E-state index contributed by atoms with van der Waals surface area (Å²) in [4.78, 5) is 20.4. The molecular weight excluding hydrogens is 316 g/mol. The molecule has 134 valence electrons. The van der Waals surface area contributed by atoms with Crippen molar-refractivity contribution in [2.45, 2.75) is 26.7 Å². The Bertz CT molecular complexity index is 671. The molecule has 0 saturated carbocycles. The lowest BCUT2D eigenvalue weighted by Gasteiger charge is -2.08. The fourth-order valence-corrected chi connectivity index (χ4v) is 2.26. The van der Waals surface area contributed by atoms with Gasteiger partial charge in [-0.25, -0.2) is 9.97 Å². The molecular formula is C19H26N4O2. The van der Waals surface area contributed by atoms with E-state index < -0.39 is 0 Å². The number of carbonyl (C=O) groups is 1. The number of anilines is 1. The molecule has 25 heavy (non-hydrogen) atoms. The number of rotatable bonds is 9. The molecule has 1 aromatic heterocycles. The molecule has 1 heterocycles. The number of aromatic nitrogens is 2. The van der Waals surface area contributed by atoms with Crippen molar-refractivity contribution in [3.05, 3.63) is 47.8 Å². The lowest BCUT2D eigenvalue weighted by molar-refractivity contribution is 0.0951. The largest absolute Gasteiger partial charge is 0.497 e. The van der Waals surface area contributed by atoms with Crippen LogP contribution in [0.5, 0.6) is 5.75 Å². The Kier molecular flexibility index (Phi) is 7.19. The topological polar surface area (TPSA) is 76.1 Å². The van der Waals surface area contributed by atoms with E-state index in [4.69, 9.17) is 4.74 Å². The molecule has 6 heteroatoms. The zero-order chi connectivity index (χ0) is 18.1. The molecule has 6 nitrogen and oxygen atoms in total. The van der Waals surface area contributed by atoms with E-state index in [-0.39, 0.29) is 5.91 Å². The first kappa shape index (κ1) is 18.7. The number of hydrogen-bond acceptors (Lipinski definition) is 5. The van der Waals surface area contributed by atoms with Gasteiger partial charge in [0.05, 0.1) is 12.7 Å². The first-order valence-electron chi connectivity index (χ1n) is 8.55. The number of amides is 1. The molecule has 1 amide bonds. The second-order valence-electron chi connectivity index (χ2n) is 6.26. The third-order valence-electron chi connectivity index (χ3n) is 3.75. The summed E-state index contributed by atoms with van der Waals surface area (Å²) in [5, 5.41) is 6.03. The van der Waals surface area contributed by atoms with Crippen molar-refractivity contribution in [3.63, 3.8) is 0 Å². The van der Waals surface area contributed by atoms with Gasteiger partial charge < -0.3 is 15.4 Å². The van der Waals surface area contributed by atoms with Crippen molar-refractivity contribution < 1.29 is 9.53 Å². The van der Waals surface area contributed by atoms with E-state index in [0.29, 0.717) is 30.5 Å². The van der Waals surface area contributed by atoms with E-state index in [9.17, 15) is 4.79 Å². The summed E-state index contributed by atoms with van der Waals surface area (Å²) < 4.78 is 5.21. The van der Waals surface area contributed by atoms with Gasteiger partial charge in [-0.1, -0.05) is 26.0 Å². The molecule has 2 N–H and O–H groups in total. The molecule has 0 atom stereocenters. The molecule has 0 fully saturated rings. The quantitative estimate of drug-likeness (QED) is 0.733. The van der Waals surface area contributed by atoms with Gasteiger partial charge in [-0.2, -0.15) is 0 Å². The summed E-state index contributed by atoms with van der Waals surface area (Å²) >= 11 is 0. The summed E-state index contributed by atoms with van der Waals surface area (Å²) in [5.41, 5.74) is 1.65. The molecule has 0 radical (unpaired) electrons. The molecule has 0 spiro atoms. The standard InChI is InChI=1S/C19H26N4O2/c1-14(2)7-9-20-18(24)16-12-22-19(23-13-16)21-10-8-15-5-4-6-17(11-15)25-3/h4-6,11-14H,7-10H2,1-3H3,(H,20,24)(H,21,22,23). The number of ether oxygens (including phenoxy) is 1. The smallest absolute Gasteiger partial charge is 0.254 e. The molecule has 0 bridgehead atoms. The van der Waals surface area contributed by atoms with Crippen molar-refractivity contribution in [1.82, 2.24) is 15.3 Å². The van der Waals surface area contributed by atoms with Crippen molar-refractivity contribution in [2.24, 2.45) is 5.92 Å². The Morgan fingerprint density at radius 1 is 1.20 bits per heavy atom. The summed E-state index contributed by atoms with van der Waals surface area (Å²) in [6, 6.07) is 7.95. The average molecular weight is 342 g/mol. The predicted octanol–water partition coefficient (Wildman–Crippen LogP) is 2.92. The van der Waals surface area contributed by atoms with E-state index in [0.717, 1.165) is 18.6 Å². The van der Waals surface area contributed by atoms with Gasteiger partial charge in [-0.15, -0.1) is 0 Å². The van der Waals surface area contributed by atoms with E-state index in [1.807, 2.05) is 18.2 Å². The Hall–Kier alpha value is -2.63. The first-order valence-corrected chi connectivity index (χ1v) is 8.55. The Balaban J connectivity index is 1.78. The Labute approximate surface area is 149 Å². The monoisotopic (exact) mass is 342 g/mol. The van der Waals surface area contributed by atoms with Crippen LogP contribution in [0.4, 0.5) is 5.95 Å². The fourth-order valence-electron chi connectivity index (χ4n) is 2.26. The second-order valence-corrected chi connectivity index (χ2v) is 6.26. The van der Waals surface area contributed by atoms with Gasteiger partial charge in [-0.3, -0.25) is 4.79 Å². The minimum Gasteiger partial charge on any atom is -0.497 e. The zero-order valence-electron chi connectivity index (χ0n) is 15.1. The molecule has 2 rings (SSSR count). The highest BCUT2D eigenvalue weighted by atomic mass is 16.5. The molecule has 0 saturated heterocycles. The molecule has 2 aromatic rings. The van der Waals surface area contributed by atoms with Gasteiger partial charge in [0, 0.05) is 25.5 Å². The van der Waals surface area contributed by atoms with Crippen LogP contribution in [-0.2, 0) is 6.42 Å². The van der Waals surface area contributed by atoms with Crippen LogP contribution in [0.15, 0.2) is 36.7 Å². The molecule has 0 aliphatic heterocycles. The van der Waals surface area contributed by atoms with Crippen LogP contribution in [0.3, 0.4) is 0 Å². The zero-order valence-corrected chi connectivity index (χ0v) is 15.1. The summed E-state index contributed by atoms with van der Waals surface area (Å²) in [7, 11) is 1.66. The van der Waals surface area contributed by atoms with E-state index >= 15 is 0 Å². The van der Waals surface area contributed by atoms with Gasteiger partial charge in [0.2, 0.25) is 5.95 Å². The van der Waals surface area contributed by atoms with Gasteiger partial charge in [-0.05, 0) is 36.5 Å². The highest BCUT2D eigenvalue weighted by molar-refractivity contribution is 5.93. The van der Waals surface area contributed by atoms with Crippen molar-refractivity contribution in [1.29, 1.82) is 0 Å². The number of nitrogens with zero attached hydrogens (tertiary/aromatic N) is 2.